The monoisotopic (exact) mass is 497 g/mol. The summed E-state index contributed by atoms with van der Waals surface area (Å²) < 4.78 is 31.6. The Bertz CT molecular complexity index is 1090. The van der Waals surface area contributed by atoms with Gasteiger partial charge in [0.2, 0.25) is 15.9 Å². The lowest BCUT2D eigenvalue weighted by Gasteiger charge is -2.30. The summed E-state index contributed by atoms with van der Waals surface area (Å²) in [6.45, 7) is 0.454. The third-order valence-corrected chi connectivity index (χ3v) is 8.56. The van der Waals surface area contributed by atoms with Crippen LogP contribution in [0.5, 0.6) is 0 Å². The van der Waals surface area contributed by atoms with E-state index in [1.807, 2.05) is 6.26 Å². The van der Waals surface area contributed by atoms with Gasteiger partial charge in [0.1, 0.15) is 5.00 Å². The molecule has 1 aromatic heterocycles. The normalized spacial score (nSPS) is 15.2. The maximum absolute atomic E-state index is 12.9. The summed E-state index contributed by atoms with van der Waals surface area (Å²) in [5, 5.41) is 6.72. The first-order valence-corrected chi connectivity index (χ1v) is 13.2. The summed E-state index contributed by atoms with van der Waals surface area (Å²) in [5.41, 5.74) is 0.155. The molecule has 0 bridgehead atoms. The molecule has 2 heterocycles. The molecule has 1 saturated heterocycles. The van der Waals surface area contributed by atoms with E-state index >= 15 is 0 Å². The van der Waals surface area contributed by atoms with Crippen molar-refractivity contribution in [1.29, 1.82) is 0 Å². The molecule has 3 amide bonds. The van der Waals surface area contributed by atoms with Gasteiger partial charge < -0.3 is 10.1 Å². The highest BCUT2D eigenvalue weighted by Crippen LogP contribution is 2.28. The maximum Gasteiger partial charge on any atom is 0.413 e. The molecular formula is C20H23N3O6S3. The number of thioether (sulfide) groups is 1. The van der Waals surface area contributed by atoms with E-state index in [1.54, 1.807) is 29.6 Å². The summed E-state index contributed by atoms with van der Waals surface area (Å²) in [6.07, 6.45) is 1.76. The molecule has 1 fully saturated rings. The maximum atomic E-state index is 12.9. The smallest absolute Gasteiger partial charge is 0.413 e. The molecule has 32 heavy (non-hydrogen) atoms. The van der Waals surface area contributed by atoms with Gasteiger partial charge in [0.05, 0.1) is 17.6 Å². The molecule has 1 aliphatic heterocycles. The molecule has 12 heteroatoms. The van der Waals surface area contributed by atoms with Gasteiger partial charge in [-0.2, -0.15) is 4.31 Å². The summed E-state index contributed by atoms with van der Waals surface area (Å²) >= 11 is 2.69. The SMILES string of the molecule is COC(=O)NC(=O)c1ccsc1NC(=O)C1CCN(S(=O)(=O)c2ccc(SC)cc2)CC1. The lowest BCUT2D eigenvalue weighted by molar-refractivity contribution is -0.120. The number of alkyl carbamates (subject to hydrolysis) is 1. The highest BCUT2D eigenvalue weighted by atomic mass is 32.2. The lowest BCUT2D eigenvalue weighted by atomic mass is 9.97. The minimum Gasteiger partial charge on any atom is -0.453 e. The minimum atomic E-state index is -3.62. The molecule has 0 spiro atoms. The number of sulfonamides is 1. The van der Waals surface area contributed by atoms with Crippen molar-refractivity contribution >= 4 is 56.0 Å². The second-order valence-corrected chi connectivity index (χ2v) is 10.7. The van der Waals surface area contributed by atoms with Gasteiger partial charge >= 0.3 is 6.09 Å². The van der Waals surface area contributed by atoms with Gasteiger partial charge in [-0.15, -0.1) is 23.1 Å². The van der Waals surface area contributed by atoms with Crippen LogP contribution in [0.2, 0.25) is 0 Å². The Morgan fingerprint density at radius 2 is 1.78 bits per heavy atom. The number of methoxy groups -OCH3 is 1. The number of hydrogen-bond donors (Lipinski definition) is 2. The van der Waals surface area contributed by atoms with Crippen LogP contribution in [0.4, 0.5) is 9.80 Å². The third-order valence-electron chi connectivity index (χ3n) is 5.07. The van der Waals surface area contributed by atoms with Gasteiger partial charge in [-0.3, -0.25) is 14.9 Å². The van der Waals surface area contributed by atoms with E-state index in [2.05, 4.69) is 15.4 Å². The molecule has 1 aliphatic rings. The van der Waals surface area contributed by atoms with Crippen LogP contribution in [0, 0.1) is 5.92 Å². The molecule has 2 aromatic rings. The van der Waals surface area contributed by atoms with Crippen molar-refractivity contribution < 1.29 is 27.5 Å². The number of piperidine rings is 1. The van der Waals surface area contributed by atoms with Crippen LogP contribution < -0.4 is 10.6 Å². The quantitative estimate of drug-likeness (QED) is 0.588. The fourth-order valence-electron chi connectivity index (χ4n) is 3.27. The van der Waals surface area contributed by atoms with Crippen LogP contribution in [0.25, 0.3) is 0 Å². The van der Waals surface area contributed by atoms with Crippen LogP contribution in [-0.4, -0.2) is 57.1 Å². The van der Waals surface area contributed by atoms with Crippen LogP contribution in [-0.2, 0) is 19.6 Å². The topological polar surface area (TPSA) is 122 Å². The zero-order valence-corrected chi connectivity index (χ0v) is 19.9. The first-order valence-electron chi connectivity index (χ1n) is 9.68. The summed E-state index contributed by atoms with van der Waals surface area (Å²) in [6, 6.07) is 8.23. The average Bonchev–Trinajstić information content (AvgIpc) is 3.27. The summed E-state index contributed by atoms with van der Waals surface area (Å²) in [4.78, 5) is 37.3. The van der Waals surface area contributed by atoms with Gasteiger partial charge in [0.15, 0.2) is 0 Å². The average molecular weight is 498 g/mol. The Hall–Kier alpha value is -2.41. The Labute approximate surface area is 194 Å². The van der Waals surface area contributed by atoms with Crippen molar-refractivity contribution in [2.75, 3.05) is 31.8 Å². The second-order valence-electron chi connectivity index (χ2n) is 6.95. The standard InChI is InChI=1S/C20H23N3O6S3/c1-29-20(26)22-18(25)16-9-12-31-19(16)21-17(24)13-7-10-23(11-8-13)32(27,28)15-5-3-14(30-2)4-6-15/h3-6,9,12-13H,7-8,10-11H2,1-2H3,(H,21,24)(H,22,25,26). The largest absolute Gasteiger partial charge is 0.453 e. The Morgan fingerprint density at radius 1 is 1.12 bits per heavy atom. The Morgan fingerprint density at radius 3 is 2.38 bits per heavy atom. The zero-order valence-electron chi connectivity index (χ0n) is 17.5. The lowest BCUT2D eigenvalue weighted by Crippen LogP contribution is -2.41. The van der Waals surface area contributed by atoms with Crippen LogP contribution >= 0.6 is 23.1 Å². The van der Waals surface area contributed by atoms with Crippen molar-refractivity contribution in [3.8, 4) is 0 Å². The second kappa shape index (κ2) is 10.5. The number of thiophene rings is 1. The van der Waals surface area contributed by atoms with Crippen molar-refractivity contribution in [1.82, 2.24) is 9.62 Å². The van der Waals surface area contributed by atoms with E-state index in [9.17, 15) is 22.8 Å². The van der Waals surface area contributed by atoms with E-state index in [0.29, 0.717) is 17.8 Å². The summed E-state index contributed by atoms with van der Waals surface area (Å²) in [7, 11) is -2.48. The summed E-state index contributed by atoms with van der Waals surface area (Å²) in [5.74, 6) is -1.36. The van der Waals surface area contributed by atoms with E-state index in [1.165, 1.54) is 22.1 Å². The number of anilines is 1. The molecule has 3 rings (SSSR count). The minimum absolute atomic E-state index is 0.155. The molecule has 1 aromatic carbocycles. The van der Waals surface area contributed by atoms with E-state index in [4.69, 9.17) is 0 Å². The van der Waals surface area contributed by atoms with Gasteiger partial charge in [0, 0.05) is 23.9 Å². The van der Waals surface area contributed by atoms with E-state index < -0.39 is 22.0 Å². The van der Waals surface area contributed by atoms with E-state index in [-0.39, 0.29) is 35.4 Å². The number of ether oxygens (including phenoxy) is 1. The number of nitrogens with one attached hydrogen (secondary N) is 2. The molecule has 0 saturated carbocycles. The zero-order chi connectivity index (χ0) is 23.3. The highest BCUT2D eigenvalue weighted by molar-refractivity contribution is 7.98. The predicted octanol–water partition coefficient (Wildman–Crippen LogP) is 3.01. The number of carbonyl (C=O) groups excluding carboxylic acids is 3. The van der Waals surface area contributed by atoms with Gasteiger partial charge in [-0.25, -0.2) is 13.2 Å². The Kier molecular flexibility index (Phi) is 7.93. The fourth-order valence-corrected chi connectivity index (χ4v) is 5.93. The van der Waals surface area contributed by atoms with E-state index in [0.717, 1.165) is 23.3 Å². The van der Waals surface area contributed by atoms with Crippen molar-refractivity contribution in [2.45, 2.75) is 22.6 Å². The third kappa shape index (κ3) is 5.49. The van der Waals surface area contributed by atoms with Gasteiger partial charge in [0.25, 0.3) is 5.91 Å². The van der Waals surface area contributed by atoms with Gasteiger partial charge in [-0.1, -0.05) is 0 Å². The first-order chi connectivity index (χ1) is 15.3. The molecule has 0 atom stereocenters. The first kappa shape index (κ1) is 24.2. The number of nitrogens with zero attached hydrogens (tertiary/aromatic N) is 1. The predicted molar refractivity (Wildman–Crippen MR) is 123 cm³/mol. The molecule has 0 aliphatic carbocycles. The number of carbonyl (C=O) groups is 3. The molecule has 2 N–H and O–H groups in total. The highest BCUT2D eigenvalue weighted by Gasteiger charge is 2.32. The number of amides is 3. The van der Waals surface area contributed by atoms with Crippen molar-refractivity contribution in [3.05, 3.63) is 41.3 Å². The number of hydrogen-bond acceptors (Lipinski definition) is 8. The Balaban J connectivity index is 1.60. The number of imide groups is 1. The molecular weight excluding hydrogens is 474 g/mol. The van der Waals surface area contributed by atoms with Gasteiger partial charge in [-0.05, 0) is 54.8 Å². The van der Waals surface area contributed by atoms with Crippen molar-refractivity contribution in [2.24, 2.45) is 5.92 Å². The molecule has 0 unspecified atom stereocenters. The van der Waals surface area contributed by atoms with Crippen LogP contribution in [0.3, 0.4) is 0 Å². The number of benzene rings is 1. The van der Waals surface area contributed by atoms with Crippen LogP contribution in [0.15, 0.2) is 45.5 Å². The van der Waals surface area contributed by atoms with Crippen molar-refractivity contribution in [3.63, 3.8) is 0 Å². The fraction of sp³-hybridized carbons (Fsp3) is 0.350. The molecule has 9 nitrogen and oxygen atoms in total. The molecule has 172 valence electrons. The molecule has 0 radical (unpaired) electrons. The number of rotatable bonds is 6. The van der Waals surface area contributed by atoms with Crippen LogP contribution in [0.1, 0.15) is 23.2 Å².